The van der Waals surface area contributed by atoms with E-state index >= 15 is 0 Å². The lowest BCUT2D eigenvalue weighted by Crippen LogP contribution is -2.40. The third-order valence-electron chi connectivity index (χ3n) is 3.37. The summed E-state index contributed by atoms with van der Waals surface area (Å²) in [6.07, 6.45) is 3.66. The lowest BCUT2D eigenvalue weighted by Gasteiger charge is -2.25. The van der Waals surface area contributed by atoms with Gasteiger partial charge in [0.1, 0.15) is 6.54 Å². The molecule has 1 aromatic rings. The van der Waals surface area contributed by atoms with Crippen LogP contribution in [0, 0.1) is 12.8 Å². The Labute approximate surface area is 120 Å². The van der Waals surface area contributed by atoms with Gasteiger partial charge in [-0.1, -0.05) is 0 Å². The fourth-order valence-electron chi connectivity index (χ4n) is 2.53. The van der Waals surface area contributed by atoms with Crippen molar-refractivity contribution in [3.05, 3.63) is 18.0 Å². The van der Waals surface area contributed by atoms with E-state index in [4.69, 9.17) is 4.74 Å². The summed E-state index contributed by atoms with van der Waals surface area (Å²) in [5.74, 6) is 0.484. The number of carbonyl (C=O) groups is 1. The van der Waals surface area contributed by atoms with Gasteiger partial charge in [-0.3, -0.25) is 9.48 Å². The predicted molar refractivity (Wildman–Crippen MR) is 76.4 cm³/mol. The van der Waals surface area contributed by atoms with Crippen LogP contribution in [-0.4, -0.2) is 72.4 Å². The van der Waals surface area contributed by atoms with E-state index in [-0.39, 0.29) is 5.91 Å². The highest BCUT2D eigenvalue weighted by molar-refractivity contribution is 5.76. The van der Waals surface area contributed by atoms with E-state index in [0.717, 1.165) is 25.3 Å². The van der Waals surface area contributed by atoms with Crippen LogP contribution in [-0.2, 0) is 16.1 Å². The Morgan fingerprint density at radius 3 is 3.00 bits per heavy atom. The zero-order valence-corrected chi connectivity index (χ0v) is 12.6. The van der Waals surface area contributed by atoms with Crippen LogP contribution in [0.1, 0.15) is 5.56 Å². The van der Waals surface area contributed by atoms with E-state index in [2.05, 4.69) is 10.00 Å². The van der Waals surface area contributed by atoms with Crippen molar-refractivity contribution < 1.29 is 9.53 Å². The third-order valence-corrected chi connectivity index (χ3v) is 3.37. The van der Waals surface area contributed by atoms with Gasteiger partial charge in [-0.2, -0.15) is 5.10 Å². The summed E-state index contributed by atoms with van der Waals surface area (Å²) in [5, 5.41) is 4.17. The summed E-state index contributed by atoms with van der Waals surface area (Å²) in [5.41, 5.74) is 1.07. The highest BCUT2D eigenvalue weighted by Crippen LogP contribution is 2.09. The molecule has 1 aromatic heterocycles. The maximum absolute atomic E-state index is 12.4. The highest BCUT2D eigenvalue weighted by atomic mass is 16.5. The lowest BCUT2D eigenvalue weighted by molar-refractivity contribution is -0.132. The highest BCUT2D eigenvalue weighted by Gasteiger charge is 2.23. The molecule has 0 aromatic carbocycles. The molecule has 6 heteroatoms. The van der Waals surface area contributed by atoms with E-state index in [9.17, 15) is 4.79 Å². The van der Waals surface area contributed by atoms with Crippen LogP contribution in [0.5, 0.6) is 0 Å². The fourth-order valence-corrected chi connectivity index (χ4v) is 2.53. The molecular weight excluding hydrogens is 256 g/mol. The van der Waals surface area contributed by atoms with E-state index in [1.54, 1.807) is 10.9 Å². The van der Waals surface area contributed by atoms with Crippen LogP contribution < -0.4 is 0 Å². The van der Waals surface area contributed by atoms with Crippen molar-refractivity contribution in [2.24, 2.45) is 5.92 Å². The Morgan fingerprint density at radius 1 is 1.55 bits per heavy atom. The van der Waals surface area contributed by atoms with Crippen LogP contribution in [0.4, 0.5) is 0 Å². The number of carbonyl (C=O) groups excluding carboxylic acids is 1. The van der Waals surface area contributed by atoms with Crippen molar-refractivity contribution in [2.75, 3.05) is 46.9 Å². The Hall–Kier alpha value is -1.40. The Bertz CT molecular complexity index is 444. The van der Waals surface area contributed by atoms with E-state index < -0.39 is 0 Å². The van der Waals surface area contributed by atoms with Crippen molar-refractivity contribution in [3.63, 3.8) is 0 Å². The van der Waals surface area contributed by atoms with Gasteiger partial charge in [0.2, 0.25) is 5.91 Å². The predicted octanol–water partition coefficient (Wildman–Crippen LogP) is 0.228. The number of aryl methyl sites for hydroxylation is 1. The zero-order valence-electron chi connectivity index (χ0n) is 12.6. The largest absolute Gasteiger partial charge is 0.379 e. The molecule has 1 aliphatic heterocycles. The minimum atomic E-state index is 0.113. The molecule has 2 rings (SSSR count). The average Bonchev–Trinajstić information content (AvgIpc) is 2.63. The van der Waals surface area contributed by atoms with Gasteiger partial charge in [0, 0.05) is 31.7 Å². The first-order valence-corrected chi connectivity index (χ1v) is 7.04. The molecule has 6 nitrogen and oxygen atoms in total. The first-order valence-electron chi connectivity index (χ1n) is 7.04. The van der Waals surface area contributed by atoms with Crippen molar-refractivity contribution in [1.82, 2.24) is 19.6 Å². The summed E-state index contributed by atoms with van der Waals surface area (Å²) in [6.45, 7) is 5.99. The minimum Gasteiger partial charge on any atom is -0.379 e. The molecule has 0 bridgehead atoms. The second-order valence-electron chi connectivity index (χ2n) is 5.76. The second-order valence-corrected chi connectivity index (χ2v) is 5.76. The number of amides is 1. The van der Waals surface area contributed by atoms with Gasteiger partial charge in [0.15, 0.2) is 0 Å². The summed E-state index contributed by atoms with van der Waals surface area (Å²) in [4.78, 5) is 16.4. The van der Waals surface area contributed by atoms with Gasteiger partial charge in [0.25, 0.3) is 0 Å². The topological polar surface area (TPSA) is 50.6 Å². The molecule has 1 aliphatic rings. The molecular formula is C14H24N4O2. The van der Waals surface area contributed by atoms with Crippen LogP contribution in [0.2, 0.25) is 0 Å². The number of nitrogens with zero attached hydrogens (tertiary/aromatic N) is 4. The molecule has 112 valence electrons. The third kappa shape index (κ3) is 4.31. The number of rotatable bonds is 4. The van der Waals surface area contributed by atoms with E-state index in [1.165, 1.54) is 0 Å². The van der Waals surface area contributed by atoms with Gasteiger partial charge in [0.05, 0.1) is 19.4 Å². The van der Waals surface area contributed by atoms with Crippen molar-refractivity contribution in [3.8, 4) is 0 Å². The van der Waals surface area contributed by atoms with Crippen molar-refractivity contribution in [2.45, 2.75) is 13.5 Å². The van der Waals surface area contributed by atoms with Gasteiger partial charge in [-0.05, 0) is 26.6 Å². The van der Waals surface area contributed by atoms with Crippen LogP contribution in [0.3, 0.4) is 0 Å². The quantitative estimate of drug-likeness (QED) is 0.792. The molecule has 1 fully saturated rings. The second kappa shape index (κ2) is 6.85. The molecule has 1 amide bonds. The summed E-state index contributed by atoms with van der Waals surface area (Å²) >= 11 is 0. The molecule has 1 saturated heterocycles. The van der Waals surface area contributed by atoms with E-state index in [1.807, 2.05) is 32.1 Å². The molecule has 0 spiro atoms. The number of aromatic nitrogens is 2. The summed E-state index contributed by atoms with van der Waals surface area (Å²) in [6, 6.07) is 0. The normalized spacial score (nSPS) is 20.2. The standard InChI is InChI=1S/C14H24N4O2/c1-12-6-15-18(7-12)10-14(19)17-4-5-20-11-13(9-17)8-16(2)3/h6-7,13H,4-5,8-11H2,1-3H3. The average molecular weight is 280 g/mol. The lowest BCUT2D eigenvalue weighted by atomic mass is 10.1. The summed E-state index contributed by atoms with van der Waals surface area (Å²) < 4.78 is 7.30. The number of ether oxygens (including phenoxy) is 1. The SMILES string of the molecule is Cc1cnn(CC(=O)N2CCOCC(CN(C)C)C2)c1. The molecule has 2 heterocycles. The fraction of sp³-hybridized carbons (Fsp3) is 0.714. The van der Waals surface area contributed by atoms with Gasteiger partial charge in [-0.25, -0.2) is 0 Å². The van der Waals surface area contributed by atoms with Crippen molar-refractivity contribution >= 4 is 5.91 Å². The smallest absolute Gasteiger partial charge is 0.244 e. The van der Waals surface area contributed by atoms with Crippen LogP contribution in [0.25, 0.3) is 0 Å². The molecule has 0 saturated carbocycles. The van der Waals surface area contributed by atoms with Crippen LogP contribution in [0.15, 0.2) is 12.4 Å². The minimum absolute atomic E-state index is 0.113. The first kappa shape index (κ1) is 15.0. The molecule has 1 atom stereocenters. The number of hydrogen-bond donors (Lipinski definition) is 0. The van der Waals surface area contributed by atoms with Gasteiger partial charge >= 0.3 is 0 Å². The maximum atomic E-state index is 12.4. The molecule has 0 radical (unpaired) electrons. The summed E-state index contributed by atoms with van der Waals surface area (Å²) in [7, 11) is 4.09. The molecule has 0 aliphatic carbocycles. The van der Waals surface area contributed by atoms with Gasteiger partial charge in [-0.15, -0.1) is 0 Å². The zero-order chi connectivity index (χ0) is 14.5. The molecule has 20 heavy (non-hydrogen) atoms. The maximum Gasteiger partial charge on any atom is 0.244 e. The monoisotopic (exact) mass is 280 g/mol. The van der Waals surface area contributed by atoms with E-state index in [0.29, 0.717) is 25.6 Å². The van der Waals surface area contributed by atoms with Crippen LogP contribution >= 0.6 is 0 Å². The Kier molecular flexibility index (Phi) is 5.14. The first-order chi connectivity index (χ1) is 9.54. The molecule has 1 unspecified atom stereocenters. The Balaban J connectivity index is 1.93. The number of hydrogen-bond acceptors (Lipinski definition) is 4. The Morgan fingerprint density at radius 2 is 2.35 bits per heavy atom. The molecule has 0 N–H and O–H groups in total. The van der Waals surface area contributed by atoms with Gasteiger partial charge < -0.3 is 14.5 Å². The van der Waals surface area contributed by atoms with Crippen molar-refractivity contribution in [1.29, 1.82) is 0 Å².